The second kappa shape index (κ2) is 13.1. The molecule has 0 saturated carbocycles. The highest BCUT2D eigenvalue weighted by atomic mass is 16.4. The van der Waals surface area contributed by atoms with Gasteiger partial charge in [-0.15, -0.1) is 0 Å². The summed E-state index contributed by atoms with van der Waals surface area (Å²) in [4.78, 5) is 59.7. The Hall–Kier alpha value is -3.71. The normalized spacial score (nSPS) is 14.4. The average Bonchev–Trinajstić information content (AvgIpc) is 2.76. The van der Waals surface area contributed by atoms with Crippen LogP contribution in [0.5, 0.6) is 5.75 Å². The van der Waals surface area contributed by atoms with Crippen molar-refractivity contribution < 1.29 is 44.4 Å². The highest BCUT2D eigenvalue weighted by Gasteiger charge is 2.31. The van der Waals surface area contributed by atoms with Crippen molar-refractivity contribution in [2.75, 3.05) is 6.61 Å². The van der Waals surface area contributed by atoms with Gasteiger partial charge in [0.25, 0.3) is 0 Å². The molecule has 13 heteroatoms. The number of aliphatic hydroxyl groups excluding tert-OH is 1. The maximum absolute atomic E-state index is 12.9. The maximum Gasteiger partial charge on any atom is 0.326 e. The Morgan fingerprint density at radius 1 is 0.853 bits per heavy atom. The van der Waals surface area contributed by atoms with Crippen molar-refractivity contribution in [1.29, 1.82) is 0 Å². The predicted octanol–water partition coefficient (Wildman–Crippen LogP) is -2.08. The number of hydrogen-bond donors (Lipinski definition) is 8. The number of aromatic hydroxyl groups is 1. The van der Waals surface area contributed by atoms with Gasteiger partial charge in [-0.25, -0.2) is 4.79 Å². The van der Waals surface area contributed by atoms with Crippen LogP contribution < -0.4 is 21.7 Å². The van der Waals surface area contributed by atoms with Gasteiger partial charge in [0.2, 0.25) is 17.7 Å². The Bertz CT molecular complexity index is 889. The van der Waals surface area contributed by atoms with Crippen LogP contribution >= 0.6 is 0 Å². The molecule has 34 heavy (non-hydrogen) atoms. The average molecular weight is 482 g/mol. The second-order valence-electron chi connectivity index (χ2n) is 7.94. The molecule has 3 amide bonds. The summed E-state index contributed by atoms with van der Waals surface area (Å²) >= 11 is 0. The molecule has 0 radical (unpaired) electrons. The van der Waals surface area contributed by atoms with E-state index in [9.17, 15) is 34.2 Å². The van der Waals surface area contributed by atoms with Gasteiger partial charge in [-0.05, 0) is 23.6 Å². The van der Waals surface area contributed by atoms with Crippen LogP contribution in [0.4, 0.5) is 0 Å². The number of carbonyl (C=O) groups is 5. The zero-order valence-electron chi connectivity index (χ0n) is 18.7. The zero-order valence-corrected chi connectivity index (χ0v) is 18.7. The van der Waals surface area contributed by atoms with E-state index >= 15 is 0 Å². The molecule has 0 aliphatic carbocycles. The quantitative estimate of drug-likeness (QED) is 0.153. The van der Waals surface area contributed by atoms with Crippen LogP contribution in [0.15, 0.2) is 24.3 Å². The number of carboxylic acids is 2. The monoisotopic (exact) mass is 482 g/mol. The molecule has 13 nitrogen and oxygen atoms in total. The molecule has 0 aliphatic rings. The SMILES string of the molecule is CC(C)C(N)C(=O)NC(Cc1ccc(O)cc1)C(=O)NC(CO)C(=O)NC(CC(=O)O)C(=O)O. The third-order valence-corrected chi connectivity index (χ3v) is 4.84. The van der Waals surface area contributed by atoms with Gasteiger partial charge in [0.1, 0.15) is 23.9 Å². The highest BCUT2D eigenvalue weighted by Crippen LogP contribution is 2.12. The van der Waals surface area contributed by atoms with E-state index in [1.54, 1.807) is 13.8 Å². The summed E-state index contributed by atoms with van der Waals surface area (Å²) in [5.41, 5.74) is 6.39. The number of amides is 3. The Balaban J connectivity index is 3.03. The van der Waals surface area contributed by atoms with Crippen molar-refractivity contribution in [3.63, 3.8) is 0 Å². The molecule has 0 spiro atoms. The van der Waals surface area contributed by atoms with Crippen LogP contribution in [0.25, 0.3) is 0 Å². The van der Waals surface area contributed by atoms with Gasteiger partial charge in [0, 0.05) is 6.42 Å². The Morgan fingerprint density at radius 3 is 1.82 bits per heavy atom. The van der Waals surface area contributed by atoms with Crippen molar-refractivity contribution in [1.82, 2.24) is 16.0 Å². The summed E-state index contributed by atoms with van der Waals surface area (Å²) < 4.78 is 0. The van der Waals surface area contributed by atoms with Gasteiger partial charge in [-0.2, -0.15) is 0 Å². The minimum atomic E-state index is -1.78. The summed E-state index contributed by atoms with van der Waals surface area (Å²) in [6.07, 6.45) is -0.973. The van der Waals surface area contributed by atoms with Gasteiger partial charge in [-0.3, -0.25) is 19.2 Å². The molecule has 0 saturated heterocycles. The number of aliphatic hydroxyl groups is 1. The van der Waals surface area contributed by atoms with E-state index in [-0.39, 0.29) is 18.1 Å². The van der Waals surface area contributed by atoms with Gasteiger partial charge in [0.05, 0.1) is 19.1 Å². The Kier molecular flexibility index (Phi) is 10.9. The number of rotatable bonds is 13. The van der Waals surface area contributed by atoms with Crippen molar-refractivity contribution in [2.45, 2.75) is 50.9 Å². The minimum Gasteiger partial charge on any atom is -0.508 e. The fourth-order valence-electron chi connectivity index (χ4n) is 2.76. The summed E-state index contributed by atoms with van der Waals surface area (Å²) in [5.74, 6) is -5.98. The highest BCUT2D eigenvalue weighted by molar-refractivity contribution is 5.94. The van der Waals surface area contributed by atoms with E-state index in [2.05, 4.69) is 10.6 Å². The largest absolute Gasteiger partial charge is 0.508 e. The zero-order chi connectivity index (χ0) is 26.0. The lowest BCUT2D eigenvalue weighted by atomic mass is 10.0. The van der Waals surface area contributed by atoms with Crippen LogP contribution in [-0.2, 0) is 30.4 Å². The number of carboxylic acid groups (broad SMARTS) is 2. The third kappa shape index (κ3) is 9.03. The van der Waals surface area contributed by atoms with Crippen molar-refractivity contribution in [3.8, 4) is 5.75 Å². The number of phenols is 1. The molecule has 4 atom stereocenters. The predicted molar refractivity (Wildman–Crippen MR) is 117 cm³/mol. The molecule has 0 fully saturated rings. The molecule has 0 heterocycles. The first kappa shape index (κ1) is 28.3. The fourth-order valence-corrected chi connectivity index (χ4v) is 2.76. The summed E-state index contributed by atoms with van der Waals surface area (Å²) in [6.45, 7) is 2.49. The Morgan fingerprint density at radius 2 is 1.35 bits per heavy atom. The molecule has 1 aromatic rings. The number of carbonyl (C=O) groups excluding carboxylic acids is 3. The lowest BCUT2D eigenvalue weighted by molar-refractivity contribution is -0.147. The first-order chi connectivity index (χ1) is 15.8. The number of nitrogens with one attached hydrogen (secondary N) is 3. The van der Waals surface area contributed by atoms with Crippen molar-refractivity contribution >= 4 is 29.7 Å². The summed E-state index contributed by atoms with van der Waals surface area (Å²) in [6, 6.07) is 0.216. The van der Waals surface area contributed by atoms with Gasteiger partial charge >= 0.3 is 11.9 Å². The number of hydrogen-bond acceptors (Lipinski definition) is 8. The van der Waals surface area contributed by atoms with Crippen LogP contribution in [0.1, 0.15) is 25.8 Å². The molecule has 9 N–H and O–H groups in total. The maximum atomic E-state index is 12.9. The molecule has 0 bridgehead atoms. The van der Waals surface area contributed by atoms with E-state index in [1.165, 1.54) is 24.3 Å². The van der Waals surface area contributed by atoms with Gasteiger partial charge < -0.3 is 42.1 Å². The molecular weight excluding hydrogens is 452 g/mol. The van der Waals surface area contributed by atoms with Crippen molar-refractivity contribution in [2.24, 2.45) is 11.7 Å². The van der Waals surface area contributed by atoms with E-state index in [1.807, 2.05) is 5.32 Å². The van der Waals surface area contributed by atoms with Crippen LogP contribution in [-0.4, -0.2) is 80.9 Å². The van der Waals surface area contributed by atoms with Gasteiger partial charge in [-0.1, -0.05) is 26.0 Å². The molecule has 0 aromatic heterocycles. The molecule has 0 aliphatic heterocycles. The van der Waals surface area contributed by atoms with Crippen LogP contribution in [0, 0.1) is 5.92 Å². The fraction of sp³-hybridized carbons (Fsp3) is 0.476. The molecule has 188 valence electrons. The van der Waals surface area contributed by atoms with Crippen LogP contribution in [0.3, 0.4) is 0 Å². The lowest BCUT2D eigenvalue weighted by Gasteiger charge is -2.25. The molecule has 1 aromatic carbocycles. The molecule has 1 rings (SSSR count). The van der Waals surface area contributed by atoms with Gasteiger partial charge in [0.15, 0.2) is 0 Å². The number of phenolic OH excluding ortho intramolecular Hbond substituents is 1. The second-order valence-corrected chi connectivity index (χ2v) is 7.94. The van der Waals surface area contributed by atoms with Crippen molar-refractivity contribution in [3.05, 3.63) is 29.8 Å². The first-order valence-electron chi connectivity index (χ1n) is 10.4. The number of aliphatic carboxylic acids is 2. The molecular formula is C21H30N4O9. The van der Waals surface area contributed by atoms with E-state index in [0.29, 0.717) is 5.56 Å². The van der Waals surface area contributed by atoms with E-state index in [0.717, 1.165) is 0 Å². The number of benzene rings is 1. The Labute approximate surface area is 195 Å². The minimum absolute atomic E-state index is 0.0121. The summed E-state index contributed by atoms with van der Waals surface area (Å²) in [7, 11) is 0. The lowest BCUT2D eigenvalue weighted by Crippen LogP contribution is -2.59. The number of nitrogens with two attached hydrogens (primary N) is 1. The smallest absolute Gasteiger partial charge is 0.326 e. The van der Waals surface area contributed by atoms with E-state index in [4.69, 9.17) is 15.9 Å². The van der Waals surface area contributed by atoms with Crippen LogP contribution in [0.2, 0.25) is 0 Å². The van der Waals surface area contributed by atoms with E-state index < -0.39 is 66.9 Å². The molecule has 4 unspecified atom stereocenters. The summed E-state index contributed by atoms with van der Waals surface area (Å²) in [5, 5.41) is 43.5. The first-order valence-corrected chi connectivity index (χ1v) is 10.4. The standard InChI is InChI=1S/C21H30N4O9/c1-10(2)17(22)20(32)23-13(7-11-3-5-12(27)6-4-11)18(30)25-15(9-26)19(31)24-14(21(33)34)8-16(28)29/h3-6,10,13-15,17,26-27H,7-9,22H2,1-2H3,(H,23,32)(H,24,31)(H,25,30)(H,28,29)(H,33,34). The topological polar surface area (TPSA) is 228 Å². The third-order valence-electron chi connectivity index (χ3n) is 4.84.